The number of halogens is 3. The highest BCUT2D eigenvalue weighted by atomic mass is 79.9. The van der Waals surface area contributed by atoms with Gasteiger partial charge in [0.15, 0.2) is 0 Å². The number of carbonyl (C=O) groups excluding carboxylic acids is 1. The van der Waals surface area contributed by atoms with Gasteiger partial charge in [-0.15, -0.1) is 11.3 Å². The lowest BCUT2D eigenvalue weighted by atomic mass is 10.1. The topological polar surface area (TPSA) is 43.1 Å². The van der Waals surface area contributed by atoms with Gasteiger partial charge in [0.1, 0.15) is 5.82 Å². The van der Waals surface area contributed by atoms with Crippen LogP contribution in [0.25, 0.3) is 0 Å². The van der Waals surface area contributed by atoms with Gasteiger partial charge in [0.2, 0.25) is 5.78 Å². The number of thiophene rings is 1. The molecule has 1 aromatic carbocycles. The van der Waals surface area contributed by atoms with E-state index in [9.17, 15) is 9.18 Å². The molecule has 0 amide bonds. The second-order valence-corrected chi connectivity index (χ2v) is 5.91. The molecule has 0 bridgehead atoms. The van der Waals surface area contributed by atoms with Gasteiger partial charge in [-0.1, -0.05) is 0 Å². The minimum absolute atomic E-state index is 0.0378. The van der Waals surface area contributed by atoms with E-state index in [1.54, 1.807) is 11.4 Å². The monoisotopic (exact) mass is 377 g/mol. The summed E-state index contributed by atoms with van der Waals surface area (Å²) in [4.78, 5) is 12.8. The van der Waals surface area contributed by atoms with Crippen molar-refractivity contribution in [2.24, 2.45) is 0 Å². The predicted octanol–water partition coefficient (Wildman–Crippen LogP) is 4.23. The summed E-state index contributed by atoms with van der Waals surface area (Å²) in [6.45, 7) is 0. The number of hydrogen-bond acceptors (Lipinski definition) is 3. The standard InChI is InChI=1S/C11H6Br2FNOS/c12-6-1-2-17-11(6)10(16)5-3-9(15)8(14)4-7(5)13/h1-4H,15H2. The van der Waals surface area contributed by atoms with E-state index >= 15 is 0 Å². The van der Waals surface area contributed by atoms with E-state index in [4.69, 9.17) is 5.73 Å². The zero-order chi connectivity index (χ0) is 12.6. The van der Waals surface area contributed by atoms with Crippen molar-refractivity contribution in [3.8, 4) is 0 Å². The number of anilines is 1. The lowest BCUT2D eigenvalue weighted by Crippen LogP contribution is -2.03. The van der Waals surface area contributed by atoms with Gasteiger partial charge in [0, 0.05) is 14.5 Å². The van der Waals surface area contributed by atoms with Crippen molar-refractivity contribution in [1.82, 2.24) is 0 Å². The van der Waals surface area contributed by atoms with Crippen LogP contribution < -0.4 is 5.73 Å². The summed E-state index contributed by atoms with van der Waals surface area (Å²) in [5.41, 5.74) is 5.78. The predicted molar refractivity (Wildman–Crippen MR) is 74.0 cm³/mol. The SMILES string of the molecule is Nc1cc(C(=O)c2sccc2Br)c(Br)cc1F. The van der Waals surface area contributed by atoms with E-state index in [1.165, 1.54) is 23.5 Å². The third kappa shape index (κ3) is 2.43. The maximum Gasteiger partial charge on any atom is 0.205 e. The molecule has 17 heavy (non-hydrogen) atoms. The van der Waals surface area contributed by atoms with E-state index in [0.29, 0.717) is 14.9 Å². The number of ketones is 1. The Labute approximate surface area is 118 Å². The second kappa shape index (κ2) is 4.88. The Balaban J connectivity index is 2.52. The molecule has 2 N–H and O–H groups in total. The molecule has 0 atom stereocenters. The summed E-state index contributed by atoms with van der Waals surface area (Å²) in [5, 5.41) is 1.80. The Hall–Kier alpha value is -0.720. The van der Waals surface area contributed by atoms with Gasteiger partial charge >= 0.3 is 0 Å². The minimum Gasteiger partial charge on any atom is -0.396 e. The van der Waals surface area contributed by atoms with Crippen molar-refractivity contribution >= 4 is 54.7 Å². The van der Waals surface area contributed by atoms with Crippen LogP contribution in [0.15, 0.2) is 32.5 Å². The molecule has 0 unspecified atom stereocenters. The molecular formula is C11H6Br2FNOS. The first-order valence-corrected chi connectivity index (χ1v) is 6.99. The van der Waals surface area contributed by atoms with Gasteiger partial charge in [-0.2, -0.15) is 0 Å². The zero-order valence-electron chi connectivity index (χ0n) is 8.34. The third-order valence-electron chi connectivity index (χ3n) is 2.15. The summed E-state index contributed by atoms with van der Waals surface area (Å²) in [6.07, 6.45) is 0. The van der Waals surface area contributed by atoms with Crippen LogP contribution in [0.3, 0.4) is 0 Å². The van der Waals surface area contributed by atoms with E-state index in [1.807, 2.05) is 0 Å². The fourth-order valence-corrected chi connectivity index (χ4v) is 3.32. The van der Waals surface area contributed by atoms with Gasteiger partial charge in [-0.05, 0) is 55.4 Å². The first-order chi connectivity index (χ1) is 8.00. The van der Waals surface area contributed by atoms with Crippen LogP contribution in [-0.4, -0.2) is 5.78 Å². The van der Waals surface area contributed by atoms with Crippen molar-refractivity contribution in [3.63, 3.8) is 0 Å². The molecule has 0 radical (unpaired) electrons. The third-order valence-corrected chi connectivity index (χ3v) is 4.65. The van der Waals surface area contributed by atoms with Gasteiger partial charge in [-0.25, -0.2) is 4.39 Å². The average molecular weight is 379 g/mol. The highest BCUT2D eigenvalue weighted by molar-refractivity contribution is 9.11. The molecule has 6 heteroatoms. The number of benzene rings is 1. The lowest BCUT2D eigenvalue weighted by Gasteiger charge is -2.05. The van der Waals surface area contributed by atoms with Crippen molar-refractivity contribution in [1.29, 1.82) is 0 Å². The smallest absolute Gasteiger partial charge is 0.205 e. The number of carbonyl (C=O) groups is 1. The summed E-state index contributed by atoms with van der Waals surface area (Å²) in [7, 11) is 0. The first-order valence-electron chi connectivity index (χ1n) is 4.53. The zero-order valence-corrected chi connectivity index (χ0v) is 12.3. The molecule has 1 heterocycles. The van der Waals surface area contributed by atoms with Crippen molar-refractivity contribution in [3.05, 3.63) is 48.8 Å². The van der Waals surface area contributed by atoms with E-state index < -0.39 is 5.82 Å². The highest BCUT2D eigenvalue weighted by Crippen LogP contribution is 2.30. The second-order valence-electron chi connectivity index (χ2n) is 3.28. The molecule has 0 aliphatic carbocycles. The molecule has 1 aromatic heterocycles. The molecule has 0 aliphatic heterocycles. The van der Waals surface area contributed by atoms with Crippen molar-refractivity contribution in [2.75, 3.05) is 5.73 Å². The fraction of sp³-hybridized carbons (Fsp3) is 0. The van der Waals surface area contributed by atoms with E-state index in [2.05, 4.69) is 31.9 Å². The largest absolute Gasteiger partial charge is 0.396 e. The maximum absolute atomic E-state index is 13.2. The Morgan fingerprint density at radius 1 is 1.29 bits per heavy atom. The van der Waals surface area contributed by atoms with Gasteiger partial charge < -0.3 is 5.73 Å². The summed E-state index contributed by atoms with van der Waals surface area (Å²) in [6, 6.07) is 4.33. The molecular weight excluding hydrogens is 373 g/mol. The van der Waals surface area contributed by atoms with Crippen LogP contribution in [0.1, 0.15) is 15.2 Å². The molecule has 0 spiro atoms. The van der Waals surface area contributed by atoms with Crippen LogP contribution in [0, 0.1) is 5.82 Å². The summed E-state index contributed by atoms with van der Waals surface area (Å²) in [5.74, 6) is -0.732. The number of rotatable bonds is 2. The van der Waals surface area contributed by atoms with Crippen LogP contribution in [0.2, 0.25) is 0 Å². The molecule has 0 fully saturated rings. The first kappa shape index (κ1) is 12.7. The lowest BCUT2D eigenvalue weighted by molar-refractivity contribution is 0.104. The van der Waals surface area contributed by atoms with Gasteiger partial charge in [0.05, 0.1) is 10.6 Å². The van der Waals surface area contributed by atoms with Crippen molar-refractivity contribution in [2.45, 2.75) is 0 Å². The highest BCUT2D eigenvalue weighted by Gasteiger charge is 2.18. The number of hydrogen-bond donors (Lipinski definition) is 1. The molecule has 2 nitrogen and oxygen atoms in total. The van der Waals surface area contributed by atoms with Crippen molar-refractivity contribution < 1.29 is 9.18 Å². The molecule has 0 aliphatic rings. The van der Waals surface area contributed by atoms with Gasteiger partial charge in [-0.3, -0.25) is 4.79 Å². The molecule has 2 aromatic rings. The Bertz CT molecular complexity index is 597. The number of nitrogen functional groups attached to an aromatic ring is 1. The molecule has 0 saturated carbocycles. The van der Waals surface area contributed by atoms with Crippen LogP contribution >= 0.6 is 43.2 Å². The maximum atomic E-state index is 13.2. The van der Waals surface area contributed by atoms with Crippen LogP contribution in [-0.2, 0) is 0 Å². The van der Waals surface area contributed by atoms with E-state index in [0.717, 1.165) is 4.47 Å². The van der Waals surface area contributed by atoms with Gasteiger partial charge in [0.25, 0.3) is 0 Å². The van der Waals surface area contributed by atoms with E-state index in [-0.39, 0.29) is 11.5 Å². The van der Waals surface area contributed by atoms with Crippen LogP contribution in [0.4, 0.5) is 10.1 Å². The quantitative estimate of drug-likeness (QED) is 0.627. The van der Waals surface area contributed by atoms with Crippen LogP contribution in [0.5, 0.6) is 0 Å². The summed E-state index contributed by atoms with van der Waals surface area (Å²) < 4.78 is 14.3. The molecule has 2 rings (SSSR count). The Morgan fingerprint density at radius 3 is 2.59 bits per heavy atom. The Kier molecular flexibility index (Phi) is 3.65. The summed E-state index contributed by atoms with van der Waals surface area (Å²) >= 11 is 7.78. The fourth-order valence-electron chi connectivity index (χ4n) is 1.32. The molecule has 0 saturated heterocycles. The molecule has 88 valence electrons. The normalized spacial score (nSPS) is 10.5. The number of nitrogens with two attached hydrogens (primary N) is 1. The average Bonchev–Trinajstić information content (AvgIpc) is 2.69. The Morgan fingerprint density at radius 2 is 2.00 bits per heavy atom. The minimum atomic E-state index is -0.543.